The van der Waals surface area contributed by atoms with Crippen LogP contribution in [0.25, 0.3) is 0 Å². The lowest BCUT2D eigenvalue weighted by Gasteiger charge is -2.18. The van der Waals surface area contributed by atoms with Crippen molar-refractivity contribution in [3.8, 4) is 0 Å². The van der Waals surface area contributed by atoms with Gasteiger partial charge in [0.05, 0.1) is 5.56 Å². The summed E-state index contributed by atoms with van der Waals surface area (Å²) in [5, 5.41) is 0. The molecule has 0 bridgehead atoms. The van der Waals surface area contributed by atoms with E-state index in [4.69, 9.17) is 5.73 Å². The van der Waals surface area contributed by atoms with Gasteiger partial charge < -0.3 is 10.6 Å². The van der Waals surface area contributed by atoms with E-state index in [-0.39, 0.29) is 5.91 Å². The summed E-state index contributed by atoms with van der Waals surface area (Å²) in [6, 6.07) is 13.0. The fourth-order valence-corrected chi connectivity index (χ4v) is 2.40. The van der Waals surface area contributed by atoms with Crippen molar-refractivity contribution in [3.63, 3.8) is 0 Å². The zero-order valence-corrected chi connectivity index (χ0v) is 13.0. The largest absolute Gasteiger partial charge is 0.399 e. The highest BCUT2D eigenvalue weighted by molar-refractivity contribution is 14.1. The van der Waals surface area contributed by atoms with E-state index in [0.29, 0.717) is 5.69 Å². The predicted molar refractivity (Wildman–Crippen MR) is 87.5 cm³/mol. The molecule has 4 heteroatoms. The number of amides is 1. The number of aryl methyl sites for hydroxylation is 1. The number of benzene rings is 2. The molecule has 0 heterocycles. The standard InChI is InChI=1S/C15H15IN2O/c1-10-4-3-5-13(14(10)16)15(19)18(2)12-8-6-11(17)7-9-12/h3-9H,17H2,1-2H3. The van der Waals surface area contributed by atoms with Gasteiger partial charge in [-0.15, -0.1) is 0 Å². The van der Waals surface area contributed by atoms with Gasteiger partial charge in [-0.1, -0.05) is 12.1 Å². The molecule has 0 aliphatic heterocycles. The molecular weight excluding hydrogens is 351 g/mol. The smallest absolute Gasteiger partial charge is 0.259 e. The van der Waals surface area contributed by atoms with Crippen LogP contribution in [-0.4, -0.2) is 13.0 Å². The third kappa shape index (κ3) is 2.89. The molecule has 98 valence electrons. The number of nitrogens with two attached hydrogens (primary N) is 1. The normalized spacial score (nSPS) is 10.3. The van der Waals surface area contributed by atoms with Crippen molar-refractivity contribution in [2.45, 2.75) is 6.92 Å². The Morgan fingerprint density at radius 2 is 1.79 bits per heavy atom. The van der Waals surface area contributed by atoms with E-state index in [0.717, 1.165) is 20.4 Å². The fraction of sp³-hybridized carbons (Fsp3) is 0.133. The van der Waals surface area contributed by atoms with Crippen LogP contribution in [0.2, 0.25) is 0 Å². The van der Waals surface area contributed by atoms with Crippen molar-refractivity contribution in [2.24, 2.45) is 0 Å². The summed E-state index contributed by atoms with van der Waals surface area (Å²) in [5.74, 6) is -0.0159. The molecule has 0 spiro atoms. The highest BCUT2D eigenvalue weighted by Gasteiger charge is 2.16. The second-order valence-corrected chi connectivity index (χ2v) is 5.47. The molecule has 2 aromatic carbocycles. The van der Waals surface area contributed by atoms with Crippen LogP contribution >= 0.6 is 22.6 Å². The van der Waals surface area contributed by atoms with Crippen LogP contribution in [0.15, 0.2) is 42.5 Å². The first-order valence-electron chi connectivity index (χ1n) is 5.89. The predicted octanol–water partition coefficient (Wildman–Crippen LogP) is 3.46. The first-order valence-corrected chi connectivity index (χ1v) is 6.97. The molecule has 0 saturated heterocycles. The van der Waals surface area contributed by atoms with Gasteiger partial charge in [0.1, 0.15) is 0 Å². The minimum Gasteiger partial charge on any atom is -0.399 e. The average molecular weight is 366 g/mol. The van der Waals surface area contributed by atoms with Crippen LogP contribution in [0.5, 0.6) is 0 Å². The highest BCUT2D eigenvalue weighted by Crippen LogP contribution is 2.21. The van der Waals surface area contributed by atoms with Gasteiger partial charge in [0.25, 0.3) is 5.91 Å². The average Bonchev–Trinajstić information content (AvgIpc) is 2.41. The Morgan fingerprint density at radius 1 is 1.16 bits per heavy atom. The molecule has 0 radical (unpaired) electrons. The van der Waals surface area contributed by atoms with E-state index in [1.807, 2.05) is 37.3 Å². The monoisotopic (exact) mass is 366 g/mol. The van der Waals surface area contributed by atoms with Crippen molar-refractivity contribution in [3.05, 3.63) is 57.2 Å². The molecule has 2 N–H and O–H groups in total. The molecule has 0 atom stereocenters. The molecule has 0 saturated carbocycles. The number of nitrogens with zero attached hydrogens (tertiary/aromatic N) is 1. The maximum absolute atomic E-state index is 12.5. The summed E-state index contributed by atoms with van der Waals surface area (Å²) >= 11 is 2.21. The Kier molecular flexibility index (Phi) is 4.09. The van der Waals surface area contributed by atoms with E-state index in [1.165, 1.54) is 0 Å². The molecule has 0 unspecified atom stereocenters. The molecule has 0 aliphatic carbocycles. The van der Waals surface area contributed by atoms with Crippen molar-refractivity contribution < 1.29 is 4.79 Å². The third-order valence-corrected chi connectivity index (χ3v) is 4.44. The quantitative estimate of drug-likeness (QED) is 0.654. The second-order valence-electron chi connectivity index (χ2n) is 4.39. The minimum absolute atomic E-state index is 0.0159. The summed E-state index contributed by atoms with van der Waals surface area (Å²) in [5.41, 5.74) is 9.00. The van der Waals surface area contributed by atoms with E-state index < -0.39 is 0 Å². The summed E-state index contributed by atoms with van der Waals surface area (Å²) in [6.45, 7) is 2.00. The number of nitrogen functional groups attached to an aromatic ring is 1. The number of rotatable bonds is 2. The van der Waals surface area contributed by atoms with Gasteiger partial charge in [-0.05, 0) is 65.4 Å². The number of hydrogen-bond acceptors (Lipinski definition) is 2. The summed E-state index contributed by atoms with van der Waals surface area (Å²) in [7, 11) is 1.77. The number of halogens is 1. The molecule has 3 nitrogen and oxygen atoms in total. The van der Waals surface area contributed by atoms with E-state index >= 15 is 0 Å². The molecule has 19 heavy (non-hydrogen) atoms. The third-order valence-electron chi connectivity index (χ3n) is 3.01. The Bertz CT molecular complexity index is 608. The maximum Gasteiger partial charge on any atom is 0.259 e. The zero-order valence-electron chi connectivity index (χ0n) is 10.9. The van der Waals surface area contributed by atoms with Crippen LogP contribution in [0.3, 0.4) is 0 Å². The number of carbonyl (C=O) groups is 1. The molecular formula is C15H15IN2O. The SMILES string of the molecule is Cc1cccc(C(=O)N(C)c2ccc(N)cc2)c1I. The van der Waals surface area contributed by atoms with Gasteiger partial charge in [-0.25, -0.2) is 0 Å². The number of hydrogen-bond donors (Lipinski definition) is 1. The van der Waals surface area contributed by atoms with Crippen LogP contribution in [0.1, 0.15) is 15.9 Å². The van der Waals surface area contributed by atoms with Crippen molar-refractivity contribution in [2.75, 3.05) is 17.7 Å². The number of carbonyl (C=O) groups excluding carboxylic acids is 1. The molecule has 0 fully saturated rings. The highest BCUT2D eigenvalue weighted by atomic mass is 127. The van der Waals surface area contributed by atoms with Gasteiger partial charge in [-0.2, -0.15) is 0 Å². The summed E-state index contributed by atoms with van der Waals surface area (Å²) in [4.78, 5) is 14.1. The molecule has 0 aromatic heterocycles. The van der Waals surface area contributed by atoms with Gasteiger partial charge >= 0.3 is 0 Å². The van der Waals surface area contributed by atoms with E-state index in [9.17, 15) is 4.79 Å². The Hall–Kier alpha value is -1.56. The van der Waals surface area contributed by atoms with Crippen LogP contribution in [-0.2, 0) is 0 Å². The van der Waals surface area contributed by atoms with Crippen molar-refractivity contribution in [1.29, 1.82) is 0 Å². The Labute approximate surface area is 126 Å². The molecule has 1 amide bonds. The first-order chi connectivity index (χ1) is 9.00. The van der Waals surface area contributed by atoms with Crippen LogP contribution < -0.4 is 10.6 Å². The maximum atomic E-state index is 12.5. The number of anilines is 2. The summed E-state index contributed by atoms with van der Waals surface area (Å²) < 4.78 is 0.993. The van der Waals surface area contributed by atoms with Crippen LogP contribution in [0, 0.1) is 10.5 Å². The Morgan fingerprint density at radius 3 is 2.42 bits per heavy atom. The lowest BCUT2D eigenvalue weighted by Crippen LogP contribution is -2.27. The van der Waals surface area contributed by atoms with Gasteiger partial charge in [0, 0.05) is 22.0 Å². The molecule has 2 rings (SSSR count). The molecule has 0 aliphatic rings. The van der Waals surface area contributed by atoms with Gasteiger partial charge in [0.2, 0.25) is 0 Å². The fourth-order valence-electron chi connectivity index (χ4n) is 1.81. The lowest BCUT2D eigenvalue weighted by molar-refractivity contribution is 0.0992. The minimum atomic E-state index is -0.0159. The van der Waals surface area contributed by atoms with Crippen molar-refractivity contribution >= 4 is 39.9 Å². The second kappa shape index (κ2) is 5.61. The Balaban J connectivity index is 2.33. The lowest BCUT2D eigenvalue weighted by atomic mass is 10.1. The van der Waals surface area contributed by atoms with E-state index in [1.54, 1.807) is 24.1 Å². The van der Waals surface area contributed by atoms with Gasteiger partial charge in [-0.3, -0.25) is 4.79 Å². The first kappa shape index (κ1) is 13.9. The summed E-state index contributed by atoms with van der Waals surface area (Å²) in [6.07, 6.45) is 0. The van der Waals surface area contributed by atoms with Crippen LogP contribution in [0.4, 0.5) is 11.4 Å². The van der Waals surface area contributed by atoms with Crippen molar-refractivity contribution in [1.82, 2.24) is 0 Å². The zero-order chi connectivity index (χ0) is 14.0. The van der Waals surface area contributed by atoms with Gasteiger partial charge in [0.15, 0.2) is 0 Å². The van der Waals surface area contributed by atoms with E-state index in [2.05, 4.69) is 22.6 Å². The molecule has 2 aromatic rings. The topological polar surface area (TPSA) is 46.3 Å².